The first-order chi connectivity index (χ1) is 27.9. The normalized spacial score (nSPS) is 19.5. The number of nitrogens with one attached hydrogen (secondary N) is 2. The molecule has 8 nitrogen and oxygen atoms in total. The quantitative estimate of drug-likeness (QED) is 0.169. The monoisotopic (exact) mass is 792 g/mol. The fourth-order valence-corrected chi connectivity index (χ4v) is 8.96. The van der Waals surface area contributed by atoms with Gasteiger partial charge in [0.05, 0.1) is 52.2 Å². The van der Waals surface area contributed by atoms with Crippen molar-refractivity contribution in [1.29, 1.82) is 0 Å². The second-order valence-electron chi connectivity index (χ2n) is 15.2. The summed E-state index contributed by atoms with van der Waals surface area (Å²) in [6.07, 6.45) is -5.06. The molecule has 5 aromatic carbocycles. The number of urea groups is 1. The largest absolute Gasteiger partial charge is 0.444 e. The van der Waals surface area contributed by atoms with Gasteiger partial charge in [-0.2, -0.15) is 26.3 Å². The first-order valence-electron chi connectivity index (χ1n) is 18.9. The van der Waals surface area contributed by atoms with Crippen LogP contribution in [0.5, 0.6) is 0 Å². The number of rotatable bonds is 5. The Morgan fingerprint density at radius 3 is 2.28 bits per heavy atom. The van der Waals surface area contributed by atoms with Crippen molar-refractivity contribution in [2.75, 3.05) is 45.0 Å². The van der Waals surface area contributed by atoms with Crippen LogP contribution in [0.1, 0.15) is 35.6 Å². The number of benzene rings is 5. The number of carbonyl (C=O) groups is 1. The second-order valence-corrected chi connectivity index (χ2v) is 15.2. The minimum atomic E-state index is -4.63. The molecule has 294 valence electrons. The van der Waals surface area contributed by atoms with Crippen LogP contribution in [0, 0.1) is 0 Å². The molecule has 2 N–H and O–H groups in total. The Kier molecular flexibility index (Phi) is 8.25. The fourth-order valence-electron chi connectivity index (χ4n) is 8.96. The number of anilines is 5. The van der Waals surface area contributed by atoms with Crippen molar-refractivity contribution < 1.29 is 35.6 Å². The number of hydrogen-bond acceptors (Lipinski definition) is 6. The molecule has 0 spiro atoms. The third-order valence-corrected chi connectivity index (χ3v) is 11.6. The van der Waals surface area contributed by atoms with Crippen LogP contribution in [0.4, 0.5) is 59.6 Å². The van der Waals surface area contributed by atoms with Crippen LogP contribution in [0.2, 0.25) is 0 Å². The minimum Gasteiger partial charge on any atom is -0.444 e. The van der Waals surface area contributed by atoms with E-state index in [1.54, 1.807) is 65.7 Å². The van der Waals surface area contributed by atoms with Crippen molar-refractivity contribution in [2.24, 2.45) is 0 Å². The third kappa shape index (κ3) is 6.36. The summed E-state index contributed by atoms with van der Waals surface area (Å²) in [7, 11) is 0. The average molecular weight is 793 g/mol. The van der Waals surface area contributed by atoms with Crippen LogP contribution in [0.3, 0.4) is 0 Å². The molecule has 2 saturated heterocycles. The van der Waals surface area contributed by atoms with Crippen molar-refractivity contribution in [3.8, 4) is 33.6 Å². The summed E-state index contributed by atoms with van der Waals surface area (Å²) in [5, 5.41) is 6.52. The number of fused-ring (bicyclic) bond motifs is 8. The predicted molar refractivity (Wildman–Crippen MR) is 210 cm³/mol. The highest BCUT2D eigenvalue weighted by Gasteiger charge is 2.46. The van der Waals surface area contributed by atoms with Gasteiger partial charge in [-0.25, -0.2) is 9.78 Å². The van der Waals surface area contributed by atoms with Crippen LogP contribution in [-0.2, 0) is 12.4 Å². The SMILES string of the molecule is O=C(Nc1cccc(-c2cnco2)c1)N1c2cc(-c3cccc(C(F)(F)F)c3)ccc2N2C[C@@H]1CC2c1cc(-c2ccc3c(c2)N[C@H]2CCN3C2)cc(C(F)(F)F)c1. The molecule has 1 aromatic heterocycles. The van der Waals surface area contributed by atoms with E-state index < -0.39 is 41.6 Å². The number of nitrogens with zero attached hydrogens (tertiary/aromatic N) is 4. The highest BCUT2D eigenvalue weighted by Crippen LogP contribution is 2.51. The molecule has 58 heavy (non-hydrogen) atoms. The molecule has 10 rings (SSSR count). The zero-order chi connectivity index (χ0) is 39.9. The first-order valence-corrected chi connectivity index (χ1v) is 18.9. The molecule has 2 amide bonds. The molecule has 0 radical (unpaired) electrons. The molecular weight excluding hydrogens is 759 g/mol. The summed E-state index contributed by atoms with van der Waals surface area (Å²) in [5.74, 6) is 0.497. The van der Waals surface area contributed by atoms with Crippen LogP contribution in [-0.4, -0.2) is 42.7 Å². The lowest BCUT2D eigenvalue weighted by atomic mass is 9.94. The summed E-state index contributed by atoms with van der Waals surface area (Å²) >= 11 is 0. The standard InChI is InChI=1S/C44H34F6N6O2/c45-43(46,47)31-5-1-3-25(14-31)27-8-10-38-40(19-27)56(42(57)53-33-6-2-4-28(17-33)41-21-51-24-58-41)35-20-39(55(38)23-35)30-13-29(15-32(16-30)44(48,49)50)26-7-9-37-36(18-26)52-34-11-12-54(37)22-34/h1-10,13-19,21,24,34-35,39,52H,11-12,20,22-23H2,(H,53,57)/t34-,35-,39?/m0/s1. The van der Waals surface area contributed by atoms with Gasteiger partial charge in [0, 0.05) is 36.9 Å². The Bertz CT molecular complexity index is 2570. The highest BCUT2D eigenvalue weighted by molar-refractivity contribution is 6.06. The molecule has 5 heterocycles. The van der Waals surface area contributed by atoms with E-state index in [1.165, 1.54) is 24.6 Å². The van der Waals surface area contributed by atoms with E-state index in [0.717, 1.165) is 43.0 Å². The molecule has 14 heteroatoms. The molecular formula is C44H34F6N6O2. The zero-order valence-electron chi connectivity index (χ0n) is 30.6. The molecule has 2 fully saturated rings. The van der Waals surface area contributed by atoms with Crippen molar-refractivity contribution in [2.45, 2.75) is 43.3 Å². The average Bonchev–Trinajstić information content (AvgIpc) is 3.98. The minimum absolute atomic E-state index is 0.289. The van der Waals surface area contributed by atoms with E-state index in [-0.39, 0.29) is 6.04 Å². The van der Waals surface area contributed by atoms with E-state index in [0.29, 0.717) is 69.2 Å². The fraction of sp³-hybridized carbons (Fsp3) is 0.227. The van der Waals surface area contributed by atoms with E-state index in [2.05, 4.69) is 20.5 Å². The van der Waals surface area contributed by atoms with Crippen LogP contribution >= 0.6 is 0 Å². The lowest BCUT2D eigenvalue weighted by Crippen LogP contribution is -2.47. The summed E-state index contributed by atoms with van der Waals surface area (Å²) in [5.41, 5.74) is 4.72. The van der Waals surface area contributed by atoms with E-state index >= 15 is 0 Å². The van der Waals surface area contributed by atoms with Crippen molar-refractivity contribution in [1.82, 2.24) is 4.98 Å². The number of amides is 2. The van der Waals surface area contributed by atoms with Gasteiger partial charge in [0.1, 0.15) is 0 Å². The van der Waals surface area contributed by atoms with Gasteiger partial charge >= 0.3 is 18.4 Å². The first kappa shape index (κ1) is 35.9. The number of oxazole rings is 1. The summed E-state index contributed by atoms with van der Waals surface area (Å²) in [6.45, 7) is 2.13. The Balaban J connectivity index is 1.05. The van der Waals surface area contributed by atoms with Gasteiger partial charge in [-0.3, -0.25) is 4.90 Å². The number of aromatic nitrogens is 1. The summed E-state index contributed by atoms with van der Waals surface area (Å²) in [6, 6.07) is 25.7. The lowest BCUT2D eigenvalue weighted by Gasteiger charge is -2.38. The lowest BCUT2D eigenvalue weighted by molar-refractivity contribution is -0.138. The molecule has 4 aliphatic rings. The number of hydrogen-bond donors (Lipinski definition) is 2. The Morgan fingerprint density at radius 1 is 0.741 bits per heavy atom. The molecule has 6 aromatic rings. The smallest absolute Gasteiger partial charge is 0.416 e. The maximum absolute atomic E-state index is 14.7. The molecule has 0 aliphatic carbocycles. The number of alkyl halides is 6. The van der Waals surface area contributed by atoms with Gasteiger partial charge in [0.2, 0.25) is 0 Å². The molecule has 1 unspecified atom stereocenters. The predicted octanol–water partition coefficient (Wildman–Crippen LogP) is 11.1. The van der Waals surface area contributed by atoms with Gasteiger partial charge in [-0.05, 0) is 107 Å². The van der Waals surface area contributed by atoms with Crippen LogP contribution < -0.4 is 25.3 Å². The van der Waals surface area contributed by atoms with E-state index in [4.69, 9.17) is 4.42 Å². The van der Waals surface area contributed by atoms with Gasteiger partial charge in [-0.1, -0.05) is 36.4 Å². The maximum Gasteiger partial charge on any atom is 0.416 e. The number of halogens is 6. The van der Waals surface area contributed by atoms with E-state index in [1.807, 2.05) is 23.1 Å². The van der Waals surface area contributed by atoms with E-state index in [9.17, 15) is 31.1 Å². The van der Waals surface area contributed by atoms with Gasteiger partial charge in [-0.15, -0.1) is 0 Å². The van der Waals surface area contributed by atoms with Crippen molar-refractivity contribution in [3.63, 3.8) is 0 Å². The Labute approximate surface area is 328 Å². The highest BCUT2D eigenvalue weighted by atomic mass is 19.4. The summed E-state index contributed by atoms with van der Waals surface area (Å²) < 4.78 is 90.7. The van der Waals surface area contributed by atoms with Crippen LogP contribution in [0.15, 0.2) is 120 Å². The third-order valence-electron chi connectivity index (χ3n) is 11.6. The Morgan fingerprint density at radius 2 is 1.48 bits per heavy atom. The van der Waals surface area contributed by atoms with Crippen molar-refractivity contribution in [3.05, 3.63) is 132 Å². The van der Waals surface area contributed by atoms with Crippen molar-refractivity contribution >= 4 is 34.5 Å². The molecule has 3 atom stereocenters. The topological polar surface area (TPSA) is 76.9 Å². The zero-order valence-corrected chi connectivity index (χ0v) is 30.6. The molecule has 4 aliphatic heterocycles. The van der Waals surface area contributed by atoms with Crippen LogP contribution in [0.25, 0.3) is 33.6 Å². The summed E-state index contributed by atoms with van der Waals surface area (Å²) in [4.78, 5) is 24.3. The van der Waals surface area contributed by atoms with Gasteiger partial charge in [0.15, 0.2) is 12.2 Å². The number of carbonyl (C=O) groups excluding carboxylic acids is 1. The molecule has 4 bridgehead atoms. The molecule has 0 saturated carbocycles. The van der Waals surface area contributed by atoms with Gasteiger partial charge < -0.3 is 24.9 Å². The second kappa shape index (κ2) is 13.3. The Hall–Kier alpha value is -6.44. The maximum atomic E-state index is 14.7. The van der Waals surface area contributed by atoms with Gasteiger partial charge in [0.25, 0.3) is 0 Å².